The highest BCUT2D eigenvalue weighted by molar-refractivity contribution is 7.80. The Labute approximate surface area is 297 Å². The Morgan fingerprint density at radius 1 is 0.729 bits per heavy atom. The second kappa shape index (κ2) is 21.3. The topological polar surface area (TPSA) is 273 Å². The smallest absolute Gasteiger partial charge is 0.303 e. The maximum absolute atomic E-state index is 13.6. The van der Waals surface area contributed by atoms with Gasteiger partial charge in [-0.05, 0) is 31.0 Å². The molecule has 3 amide bonds. The third-order valence-electron chi connectivity index (χ3n) is 6.58. The molecule has 0 heterocycles. The van der Waals surface area contributed by atoms with Crippen molar-refractivity contribution in [1.82, 2.24) is 32.3 Å². The van der Waals surface area contributed by atoms with Gasteiger partial charge in [-0.1, -0.05) is 12.1 Å². The number of thiol groups is 4. The van der Waals surface area contributed by atoms with Crippen LogP contribution in [0.1, 0.15) is 25.3 Å². The molecule has 0 unspecified atom stereocenters. The molecule has 10 N–H and O–H groups in total. The molecule has 0 saturated carbocycles. The Morgan fingerprint density at radius 3 is 1.73 bits per heavy atom. The summed E-state index contributed by atoms with van der Waals surface area (Å²) in [6.07, 6.45) is -1.39. The van der Waals surface area contributed by atoms with E-state index in [1.165, 1.54) is 31.2 Å². The van der Waals surface area contributed by atoms with Crippen LogP contribution in [-0.4, -0.2) is 120 Å². The standard InChI is InChI=1S/C27H40N6O11S4/c1-13(34)18(9-45)30-32-20(11-47)25(41)29-17(8-14-2-4-15(35)5-3-14)24(40)28-16(6-7-21(36)37)22(38)23(39)19(10-46)31-33-26(42)27(43,44)12-48/h2-5,16-20,30-32,35,43-48H,6-12H2,1H3,(H,28,40)(H,29,41)(H,33,42)(H,36,37)/t16-,17-,18-,19-,20-/m0/s1. The molecule has 17 nitrogen and oxygen atoms in total. The van der Waals surface area contributed by atoms with Gasteiger partial charge in [0.1, 0.15) is 29.7 Å². The third kappa shape index (κ3) is 14.3. The molecule has 1 aromatic carbocycles. The number of ketones is 3. The summed E-state index contributed by atoms with van der Waals surface area (Å²) in [6, 6.07) is -0.925. The number of aliphatic carboxylic acids is 1. The number of phenols is 1. The molecule has 1 rings (SSSR count). The Morgan fingerprint density at radius 2 is 1.23 bits per heavy atom. The van der Waals surface area contributed by atoms with Gasteiger partial charge in [0.25, 0.3) is 11.7 Å². The van der Waals surface area contributed by atoms with Crippen LogP contribution in [0.5, 0.6) is 5.75 Å². The van der Waals surface area contributed by atoms with Crippen LogP contribution in [-0.2, 0) is 40.0 Å². The highest BCUT2D eigenvalue weighted by atomic mass is 32.1. The largest absolute Gasteiger partial charge is 0.508 e. The predicted molar refractivity (Wildman–Crippen MR) is 185 cm³/mol. The lowest BCUT2D eigenvalue weighted by Gasteiger charge is -2.26. The Kier molecular flexibility index (Phi) is 19.1. The van der Waals surface area contributed by atoms with E-state index in [-0.39, 0.29) is 29.5 Å². The average Bonchev–Trinajstić information content (AvgIpc) is 3.04. The number of benzene rings is 1. The number of phenolic OH excluding ortho intramolecular Hbond substituents is 1. The molecule has 48 heavy (non-hydrogen) atoms. The van der Waals surface area contributed by atoms with Crippen LogP contribution in [0.3, 0.4) is 0 Å². The van der Waals surface area contributed by atoms with Gasteiger partial charge in [0.05, 0.1) is 17.8 Å². The fraction of sp³-hybridized carbons (Fsp3) is 0.519. The minimum absolute atomic E-state index is 0.0749. The molecule has 0 aromatic heterocycles. The molecule has 0 aliphatic rings. The van der Waals surface area contributed by atoms with Crippen LogP contribution in [0.2, 0.25) is 0 Å². The molecular formula is C27H40N6O11S4. The Bertz CT molecular complexity index is 1310. The van der Waals surface area contributed by atoms with Gasteiger partial charge in [-0.2, -0.15) is 50.5 Å². The lowest BCUT2D eigenvalue weighted by Crippen LogP contribution is -2.61. The zero-order chi connectivity index (χ0) is 36.6. The van der Waals surface area contributed by atoms with Crippen LogP contribution in [0, 0.1) is 0 Å². The van der Waals surface area contributed by atoms with Crippen LogP contribution < -0.4 is 32.3 Å². The van der Waals surface area contributed by atoms with E-state index in [2.05, 4.69) is 77.4 Å². The number of carboxylic acid groups (broad SMARTS) is 1. The number of amides is 3. The second-order valence-electron chi connectivity index (χ2n) is 10.3. The predicted octanol–water partition coefficient (Wildman–Crippen LogP) is -3.28. The van der Waals surface area contributed by atoms with E-state index < -0.39 is 95.6 Å². The van der Waals surface area contributed by atoms with Crippen molar-refractivity contribution in [3.8, 4) is 5.75 Å². The maximum atomic E-state index is 13.6. The summed E-state index contributed by atoms with van der Waals surface area (Å²) >= 11 is 15.8. The number of nitrogens with one attached hydrogen (secondary N) is 6. The molecule has 0 spiro atoms. The first-order valence-corrected chi connectivity index (χ1v) is 16.7. The molecule has 0 aliphatic heterocycles. The molecule has 0 bridgehead atoms. The summed E-state index contributed by atoms with van der Waals surface area (Å²) in [4.78, 5) is 88.2. The minimum atomic E-state index is -2.92. The van der Waals surface area contributed by atoms with Gasteiger partial charge in [0, 0.05) is 30.1 Å². The number of rotatable bonds is 23. The Hall–Kier alpha value is -2.89. The Balaban J connectivity index is 3.28. The van der Waals surface area contributed by atoms with E-state index in [1.54, 1.807) is 0 Å². The zero-order valence-electron chi connectivity index (χ0n) is 25.6. The van der Waals surface area contributed by atoms with Gasteiger partial charge >= 0.3 is 5.97 Å². The normalized spacial score (nSPS) is 14.5. The molecule has 0 fully saturated rings. The van der Waals surface area contributed by atoms with Crippen molar-refractivity contribution >= 4 is 91.6 Å². The number of carbonyl (C=O) groups is 7. The average molecular weight is 753 g/mol. The van der Waals surface area contributed by atoms with Crippen molar-refractivity contribution in [2.45, 2.75) is 62.2 Å². The van der Waals surface area contributed by atoms with Crippen molar-refractivity contribution in [2.24, 2.45) is 0 Å². The number of aromatic hydroxyl groups is 1. The lowest BCUT2D eigenvalue weighted by molar-refractivity contribution is -0.177. The summed E-state index contributed by atoms with van der Waals surface area (Å²) in [7, 11) is 0. The van der Waals surface area contributed by atoms with Crippen LogP contribution in [0.4, 0.5) is 0 Å². The number of carbonyl (C=O) groups excluding carboxylic acids is 6. The number of carboxylic acids is 1. The van der Waals surface area contributed by atoms with Gasteiger partial charge in [-0.15, -0.1) is 0 Å². The number of Topliss-reactive ketones (excluding diaryl/α,β-unsaturated/α-hetero) is 3. The van der Waals surface area contributed by atoms with Crippen molar-refractivity contribution in [1.29, 1.82) is 0 Å². The van der Waals surface area contributed by atoms with Gasteiger partial charge in [0.15, 0.2) is 0 Å². The fourth-order valence-corrected chi connectivity index (χ4v) is 4.70. The fourth-order valence-electron chi connectivity index (χ4n) is 3.69. The molecule has 0 radical (unpaired) electrons. The monoisotopic (exact) mass is 752 g/mol. The summed E-state index contributed by atoms with van der Waals surface area (Å²) < 4.78 is 0. The van der Waals surface area contributed by atoms with E-state index in [9.17, 15) is 54.0 Å². The molecule has 21 heteroatoms. The minimum Gasteiger partial charge on any atom is -0.508 e. The van der Waals surface area contributed by atoms with Crippen molar-refractivity contribution in [3.05, 3.63) is 29.8 Å². The van der Waals surface area contributed by atoms with Gasteiger partial charge in [-0.25, -0.2) is 16.3 Å². The SMILES string of the molecule is CC(=O)[C@H](CS)NN[C@@H](CS)C(=O)N[C@@H](Cc1ccc(O)cc1)C(=O)N[C@@H](CCC(=O)O)C(=O)C(=O)[C@H](CS)NNC(=O)C(O)(O)CS. The molecule has 1 aromatic rings. The number of hydrogen-bond acceptors (Lipinski definition) is 17. The first kappa shape index (κ1) is 43.1. The molecule has 0 saturated heterocycles. The van der Waals surface area contributed by atoms with E-state index in [0.29, 0.717) is 5.56 Å². The lowest BCUT2D eigenvalue weighted by atomic mass is 9.98. The molecular weight excluding hydrogens is 713 g/mol. The van der Waals surface area contributed by atoms with E-state index in [1.807, 2.05) is 5.43 Å². The summed E-state index contributed by atoms with van der Waals surface area (Å²) in [5.74, 6) is -11.4. The highest BCUT2D eigenvalue weighted by Gasteiger charge is 2.36. The first-order valence-electron chi connectivity index (χ1n) is 14.1. The van der Waals surface area contributed by atoms with E-state index >= 15 is 0 Å². The highest BCUT2D eigenvalue weighted by Crippen LogP contribution is 2.13. The maximum Gasteiger partial charge on any atom is 0.303 e. The quantitative estimate of drug-likeness (QED) is 0.0226. The number of hydrazine groups is 2. The van der Waals surface area contributed by atoms with Crippen molar-refractivity contribution in [2.75, 3.05) is 23.0 Å². The van der Waals surface area contributed by atoms with Crippen LogP contribution >= 0.6 is 50.5 Å². The van der Waals surface area contributed by atoms with E-state index in [4.69, 9.17) is 0 Å². The van der Waals surface area contributed by atoms with Crippen molar-refractivity contribution in [3.63, 3.8) is 0 Å². The van der Waals surface area contributed by atoms with E-state index in [0.717, 1.165) is 0 Å². The molecule has 0 aliphatic carbocycles. The number of aliphatic hydroxyl groups is 2. The molecule has 5 atom stereocenters. The summed E-state index contributed by atoms with van der Waals surface area (Å²) in [6.45, 7) is 1.32. The summed E-state index contributed by atoms with van der Waals surface area (Å²) in [5, 5.41) is 42.9. The van der Waals surface area contributed by atoms with Gasteiger partial charge in [0.2, 0.25) is 23.4 Å². The van der Waals surface area contributed by atoms with Gasteiger partial charge < -0.3 is 31.1 Å². The van der Waals surface area contributed by atoms with Crippen LogP contribution in [0.15, 0.2) is 24.3 Å². The van der Waals surface area contributed by atoms with Crippen LogP contribution in [0.25, 0.3) is 0 Å². The first-order chi connectivity index (χ1) is 22.5. The summed E-state index contributed by atoms with van der Waals surface area (Å²) in [5.41, 5.74) is 9.79. The van der Waals surface area contributed by atoms with Gasteiger partial charge in [-0.3, -0.25) is 39.0 Å². The zero-order valence-corrected chi connectivity index (χ0v) is 29.2. The third-order valence-corrected chi connectivity index (χ3v) is 8.12. The van der Waals surface area contributed by atoms with Crippen molar-refractivity contribution < 1.29 is 54.0 Å². The molecule has 268 valence electrons. The second-order valence-corrected chi connectivity index (χ2v) is 11.7. The number of hydrogen-bond donors (Lipinski definition) is 14.